The van der Waals surface area contributed by atoms with E-state index < -0.39 is 5.97 Å². The Morgan fingerprint density at radius 1 is 1.07 bits per heavy atom. The number of methoxy groups -OCH3 is 1. The molecule has 29 heavy (non-hydrogen) atoms. The molecule has 0 fully saturated rings. The molecule has 1 aliphatic heterocycles. The second-order valence-electron chi connectivity index (χ2n) is 6.74. The van der Waals surface area contributed by atoms with Crippen molar-refractivity contribution in [2.24, 2.45) is 0 Å². The number of carbonyl (C=O) groups is 2. The molecule has 0 aliphatic carbocycles. The lowest BCUT2D eigenvalue weighted by Gasteiger charge is -2.17. The summed E-state index contributed by atoms with van der Waals surface area (Å²) in [6.07, 6.45) is 0.634. The minimum atomic E-state index is -0.410. The van der Waals surface area contributed by atoms with Crippen LogP contribution in [0.4, 0.5) is 5.69 Å². The van der Waals surface area contributed by atoms with Gasteiger partial charge in [0.15, 0.2) is 0 Å². The lowest BCUT2D eigenvalue weighted by Crippen LogP contribution is -2.32. The van der Waals surface area contributed by atoms with Crippen LogP contribution in [0.1, 0.15) is 32.0 Å². The molecule has 0 bridgehead atoms. The standard InChI is InChI=1S/C22H19N3O4/c1-29-22(28)17-7-9-19-16(13-17)11-12-24(19)21(27)18-8-10-20(26)25(23-18)14-15-5-3-2-4-6-15/h2-10,13H,11-12,14H2,1H3. The zero-order valence-electron chi connectivity index (χ0n) is 15.9. The average molecular weight is 389 g/mol. The topological polar surface area (TPSA) is 81.5 Å². The molecular weight excluding hydrogens is 370 g/mol. The van der Waals surface area contributed by atoms with E-state index in [-0.39, 0.29) is 17.2 Å². The van der Waals surface area contributed by atoms with Gasteiger partial charge in [0.05, 0.1) is 19.2 Å². The largest absolute Gasteiger partial charge is 0.465 e. The molecule has 0 saturated carbocycles. The Morgan fingerprint density at radius 3 is 2.62 bits per heavy atom. The highest BCUT2D eigenvalue weighted by atomic mass is 16.5. The Bertz CT molecular complexity index is 1140. The number of anilines is 1. The molecule has 0 atom stereocenters. The van der Waals surface area contributed by atoms with Crippen molar-refractivity contribution in [2.75, 3.05) is 18.6 Å². The van der Waals surface area contributed by atoms with Gasteiger partial charge in [-0.3, -0.25) is 9.59 Å². The summed E-state index contributed by atoms with van der Waals surface area (Å²) in [7, 11) is 1.33. The number of hydrogen-bond donors (Lipinski definition) is 0. The Kier molecular flexibility index (Phi) is 4.95. The van der Waals surface area contributed by atoms with Crippen LogP contribution in [0, 0.1) is 0 Å². The first-order valence-corrected chi connectivity index (χ1v) is 9.22. The van der Waals surface area contributed by atoms with Gasteiger partial charge < -0.3 is 9.64 Å². The number of ether oxygens (including phenoxy) is 1. The average Bonchev–Trinajstić information content (AvgIpc) is 3.18. The van der Waals surface area contributed by atoms with E-state index in [9.17, 15) is 14.4 Å². The third-order valence-corrected chi connectivity index (χ3v) is 4.90. The van der Waals surface area contributed by atoms with Gasteiger partial charge in [0, 0.05) is 18.3 Å². The number of hydrogen-bond acceptors (Lipinski definition) is 5. The van der Waals surface area contributed by atoms with E-state index in [1.165, 1.54) is 23.9 Å². The molecular formula is C22H19N3O4. The summed E-state index contributed by atoms with van der Waals surface area (Å²) in [4.78, 5) is 38.6. The first-order chi connectivity index (χ1) is 14.1. The SMILES string of the molecule is COC(=O)c1ccc2c(c1)CCN2C(=O)c1ccc(=O)n(Cc2ccccc2)n1. The Balaban J connectivity index is 1.61. The molecule has 7 nitrogen and oxygen atoms in total. The summed E-state index contributed by atoms with van der Waals surface area (Å²) < 4.78 is 6.04. The quantitative estimate of drug-likeness (QED) is 0.640. The van der Waals surface area contributed by atoms with Gasteiger partial charge in [0.2, 0.25) is 0 Å². The van der Waals surface area contributed by atoms with Crippen LogP contribution in [0.5, 0.6) is 0 Å². The van der Waals surface area contributed by atoms with Gasteiger partial charge >= 0.3 is 5.97 Å². The van der Waals surface area contributed by atoms with Crippen LogP contribution in [0.2, 0.25) is 0 Å². The van der Waals surface area contributed by atoms with E-state index in [2.05, 4.69) is 5.10 Å². The van der Waals surface area contributed by atoms with E-state index in [1.54, 1.807) is 23.1 Å². The van der Waals surface area contributed by atoms with E-state index in [1.807, 2.05) is 30.3 Å². The first-order valence-electron chi connectivity index (χ1n) is 9.22. The van der Waals surface area contributed by atoms with Crippen LogP contribution < -0.4 is 10.5 Å². The number of carbonyl (C=O) groups excluding carboxylic acids is 2. The fraction of sp³-hybridized carbons (Fsp3) is 0.182. The highest BCUT2D eigenvalue weighted by Crippen LogP contribution is 2.30. The highest BCUT2D eigenvalue weighted by molar-refractivity contribution is 6.06. The maximum atomic E-state index is 13.1. The number of rotatable bonds is 4. The zero-order valence-corrected chi connectivity index (χ0v) is 15.9. The molecule has 3 aromatic rings. The lowest BCUT2D eigenvalue weighted by atomic mass is 10.1. The molecule has 146 valence electrons. The van der Waals surface area contributed by atoms with E-state index in [0.717, 1.165) is 16.8 Å². The molecule has 0 spiro atoms. The molecule has 1 aromatic heterocycles. The van der Waals surface area contributed by atoms with Crippen molar-refractivity contribution < 1.29 is 14.3 Å². The maximum Gasteiger partial charge on any atom is 0.337 e. The number of esters is 1. The maximum absolute atomic E-state index is 13.1. The van der Waals surface area contributed by atoms with Crippen LogP contribution in [0.15, 0.2) is 65.5 Å². The van der Waals surface area contributed by atoms with Crippen molar-refractivity contribution in [2.45, 2.75) is 13.0 Å². The zero-order chi connectivity index (χ0) is 20.4. The third-order valence-electron chi connectivity index (χ3n) is 4.90. The van der Waals surface area contributed by atoms with Crippen molar-refractivity contribution in [1.29, 1.82) is 0 Å². The van der Waals surface area contributed by atoms with Gasteiger partial charge in [-0.25, -0.2) is 9.48 Å². The smallest absolute Gasteiger partial charge is 0.337 e. The van der Waals surface area contributed by atoms with Gasteiger partial charge in [-0.2, -0.15) is 5.10 Å². The summed E-state index contributed by atoms with van der Waals surface area (Å²) in [5.74, 6) is -0.691. The van der Waals surface area contributed by atoms with Crippen LogP contribution >= 0.6 is 0 Å². The molecule has 7 heteroatoms. The van der Waals surface area contributed by atoms with Crippen LogP contribution in [-0.2, 0) is 17.7 Å². The molecule has 0 N–H and O–H groups in total. The van der Waals surface area contributed by atoms with Gasteiger partial charge in [-0.1, -0.05) is 30.3 Å². The number of fused-ring (bicyclic) bond motifs is 1. The second kappa shape index (κ2) is 7.71. The first kappa shape index (κ1) is 18.6. The van der Waals surface area contributed by atoms with Crippen molar-refractivity contribution in [3.63, 3.8) is 0 Å². The van der Waals surface area contributed by atoms with E-state index in [0.29, 0.717) is 25.1 Å². The minimum Gasteiger partial charge on any atom is -0.465 e. The summed E-state index contributed by atoms with van der Waals surface area (Å²) >= 11 is 0. The van der Waals surface area contributed by atoms with Crippen LogP contribution in [0.25, 0.3) is 0 Å². The normalized spacial score (nSPS) is 12.5. The fourth-order valence-electron chi connectivity index (χ4n) is 3.43. The van der Waals surface area contributed by atoms with E-state index >= 15 is 0 Å². The predicted molar refractivity (Wildman–Crippen MR) is 107 cm³/mol. The van der Waals surface area contributed by atoms with Crippen molar-refractivity contribution in [3.05, 3.63) is 93.4 Å². The molecule has 1 amide bonds. The Hall–Kier alpha value is -3.74. The molecule has 1 aliphatic rings. The van der Waals surface area contributed by atoms with Crippen LogP contribution in [0.3, 0.4) is 0 Å². The molecule has 4 rings (SSSR count). The number of nitrogens with zero attached hydrogens (tertiary/aromatic N) is 3. The van der Waals surface area contributed by atoms with E-state index in [4.69, 9.17) is 4.74 Å². The molecule has 2 aromatic carbocycles. The number of benzene rings is 2. The fourth-order valence-corrected chi connectivity index (χ4v) is 3.43. The molecule has 0 unspecified atom stereocenters. The summed E-state index contributed by atoms with van der Waals surface area (Å²) in [5.41, 5.74) is 2.95. The second-order valence-corrected chi connectivity index (χ2v) is 6.74. The molecule has 0 radical (unpaired) electrons. The van der Waals surface area contributed by atoms with Crippen molar-refractivity contribution in [3.8, 4) is 0 Å². The minimum absolute atomic E-state index is 0.199. The van der Waals surface area contributed by atoms with Crippen molar-refractivity contribution >= 4 is 17.6 Å². The Labute approximate surface area is 167 Å². The van der Waals surface area contributed by atoms with Crippen LogP contribution in [-0.4, -0.2) is 35.3 Å². The Morgan fingerprint density at radius 2 is 1.86 bits per heavy atom. The molecule has 0 saturated heterocycles. The van der Waals surface area contributed by atoms with Gasteiger partial charge in [-0.15, -0.1) is 0 Å². The predicted octanol–water partition coefficient (Wildman–Crippen LogP) is 2.28. The monoisotopic (exact) mass is 389 g/mol. The lowest BCUT2D eigenvalue weighted by molar-refractivity contribution is 0.0600. The molecule has 2 heterocycles. The summed E-state index contributed by atoms with van der Waals surface area (Å²) in [6.45, 7) is 0.776. The highest BCUT2D eigenvalue weighted by Gasteiger charge is 2.27. The summed E-state index contributed by atoms with van der Waals surface area (Å²) in [5, 5.41) is 4.28. The van der Waals surface area contributed by atoms with Gasteiger partial charge in [0.1, 0.15) is 5.69 Å². The van der Waals surface area contributed by atoms with Gasteiger partial charge in [-0.05, 0) is 41.8 Å². The summed E-state index contributed by atoms with van der Waals surface area (Å²) in [6, 6.07) is 17.4. The van der Waals surface area contributed by atoms with Crippen molar-refractivity contribution in [1.82, 2.24) is 9.78 Å². The number of amides is 1. The number of aromatic nitrogens is 2. The third kappa shape index (κ3) is 3.67. The van der Waals surface area contributed by atoms with Gasteiger partial charge in [0.25, 0.3) is 11.5 Å².